The van der Waals surface area contributed by atoms with Crippen molar-refractivity contribution in [2.45, 2.75) is 48.6 Å². The molecule has 0 saturated heterocycles. The van der Waals surface area contributed by atoms with E-state index in [-0.39, 0.29) is 0 Å². The minimum atomic E-state index is -8.44. The number of alkyl halides is 15. The highest BCUT2D eigenvalue weighted by Crippen LogP contribution is 2.62. The predicted molar refractivity (Wildman–Crippen MR) is 65.1 cm³/mol. The third-order valence-corrected chi connectivity index (χ3v) is 3.64. The summed E-state index contributed by atoms with van der Waals surface area (Å²) in [7, 11) is 0. The van der Waals surface area contributed by atoms with Crippen LogP contribution in [0.4, 0.5) is 65.9 Å². The quantitative estimate of drug-likeness (QED) is 0.498. The molecule has 0 aromatic heterocycles. The molecule has 1 N–H and O–H groups in total. The Balaban J connectivity index is 6.58. The van der Waals surface area contributed by atoms with Crippen LogP contribution in [-0.2, 0) is 4.79 Å². The van der Waals surface area contributed by atoms with E-state index >= 15 is 0 Å². The SMILES string of the molecule is CCN(CCO)C(=O)C(F)(F)C(F)(F)C(F)(F)C(F)(F)C(F)(F)C(F)(F)C(F)(F)F. The van der Waals surface area contributed by atoms with E-state index in [1.165, 1.54) is 0 Å². The van der Waals surface area contributed by atoms with Gasteiger partial charge in [0, 0.05) is 13.1 Å². The van der Waals surface area contributed by atoms with Gasteiger partial charge in [-0.2, -0.15) is 65.9 Å². The maximum atomic E-state index is 13.6. The summed E-state index contributed by atoms with van der Waals surface area (Å²) in [5.74, 6) is -51.5. The number of likely N-dealkylation sites (N-methyl/N-ethyl adjacent to an activating group) is 1. The molecule has 0 aromatic rings. The average molecular weight is 485 g/mol. The first-order valence-corrected chi connectivity index (χ1v) is 7.17. The van der Waals surface area contributed by atoms with Crippen LogP contribution in [0.3, 0.4) is 0 Å². The molecule has 0 aliphatic carbocycles. The fraction of sp³-hybridized carbons (Fsp3) is 0.917. The average Bonchev–Trinajstić information content (AvgIpc) is 2.56. The number of carbonyl (C=O) groups is 1. The monoisotopic (exact) mass is 485 g/mol. The van der Waals surface area contributed by atoms with Gasteiger partial charge in [-0.3, -0.25) is 4.79 Å². The molecule has 0 bridgehead atoms. The number of amides is 1. The topological polar surface area (TPSA) is 40.5 Å². The fourth-order valence-corrected chi connectivity index (χ4v) is 1.82. The summed E-state index contributed by atoms with van der Waals surface area (Å²) in [4.78, 5) is 10.8. The summed E-state index contributed by atoms with van der Waals surface area (Å²) in [6, 6.07) is 0. The molecule has 180 valence electrons. The number of carbonyl (C=O) groups excluding carboxylic acids is 1. The Morgan fingerprint density at radius 1 is 0.667 bits per heavy atom. The molecule has 30 heavy (non-hydrogen) atoms. The number of aliphatic hydroxyl groups excluding tert-OH is 1. The number of hydrogen-bond acceptors (Lipinski definition) is 2. The van der Waals surface area contributed by atoms with Gasteiger partial charge in [-0.15, -0.1) is 0 Å². The Morgan fingerprint density at radius 3 is 1.30 bits per heavy atom. The Bertz CT molecular complexity index is 628. The van der Waals surface area contributed by atoms with Crippen molar-refractivity contribution in [2.24, 2.45) is 0 Å². The maximum absolute atomic E-state index is 13.6. The maximum Gasteiger partial charge on any atom is 0.460 e. The van der Waals surface area contributed by atoms with Crippen molar-refractivity contribution >= 4 is 5.91 Å². The molecule has 3 nitrogen and oxygen atoms in total. The van der Waals surface area contributed by atoms with Crippen molar-refractivity contribution in [3.05, 3.63) is 0 Å². The van der Waals surface area contributed by atoms with Crippen molar-refractivity contribution in [3.63, 3.8) is 0 Å². The molecule has 18 heteroatoms. The molecule has 1 amide bonds. The zero-order valence-electron chi connectivity index (χ0n) is 14.1. The largest absolute Gasteiger partial charge is 0.460 e. The molecule has 0 fully saturated rings. The first-order valence-electron chi connectivity index (χ1n) is 7.17. The summed E-state index contributed by atoms with van der Waals surface area (Å²) in [6.45, 7) is -2.85. The van der Waals surface area contributed by atoms with Crippen LogP contribution in [0.25, 0.3) is 0 Å². The minimum absolute atomic E-state index is 0.523. The third kappa shape index (κ3) is 3.74. The molecule has 0 radical (unpaired) electrons. The highest BCUT2D eigenvalue weighted by molar-refractivity contribution is 5.85. The molecule has 0 aromatic carbocycles. The van der Waals surface area contributed by atoms with Gasteiger partial charge >= 0.3 is 41.7 Å². The van der Waals surface area contributed by atoms with Gasteiger partial charge in [0.1, 0.15) is 0 Å². The lowest BCUT2D eigenvalue weighted by molar-refractivity contribution is -0.449. The summed E-state index contributed by atoms with van der Waals surface area (Å²) in [6.07, 6.45) is -7.69. The van der Waals surface area contributed by atoms with Crippen LogP contribution in [0.1, 0.15) is 6.92 Å². The van der Waals surface area contributed by atoms with E-state index in [1.807, 2.05) is 0 Å². The molecule has 0 heterocycles. The van der Waals surface area contributed by atoms with E-state index in [2.05, 4.69) is 0 Å². The second kappa shape index (κ2) is 7.81. The van der Waals surface area contributed by atoms with E-state index < -0.39 is 72.2 Å². The van der Waals surface area contributed by atoms with Crippen molar-refractivity contribution in [3.8, 4) is 0 Å². The van der Waals surface area contributed by atoms with Gasteiger partial charge in [0.2, 0.25) is 0 Å². The standard InChI is InChI=1S/C12H10F15NO2/c1-2-28(3-4-29)5(30)6(13,14)7(15,16)8(17,18)9(19,20)10(21,22)11(23,24)12(25,26)27/h29H,2-4H2,1H3. The molecule has 0 aliphatic heterocycles. The van der Waals surface area contributed by atoms with Crippen LogP contribution < -0.4 is 0 Å². The summed E-state index contributed by atoms with van der Waals surface area (Å²) in [5, 5.41) is 8.46. The normalized spacial score (nSPS) is 15.4. The van der Waals surface area contributed by atoms with Gasteiger partial charge in [-0.1, -0.05) is 0 Å². The summed E-state index contributed by atoms with van der Waals surface area (Å²) in [5.41, 5.74) is 0. The molecule has 0 unspecified atom stereocenters. The number of aliphatic hydroxyl groups is 1. The smallest absolute Gasteiger partial charge is 0.395 e. The molecular weight excluding hydrogens is 475 g/mol. The van der Waals surface area contributed by atoms with Gasteiger partial charge in [-0.25, -0.2) is 0 Å². The molecule has 0 atom stereocenters. The predicted octanol–water partition coefficient (Wildman–Crippen LogP) is 4.20. The van der Waals surface area contributed by atoms with Crippen LogP contribution in [0, 0.1) is 0 Å². The van der Waals surface area contributed by atoms with E-state index in [0.29, 0.717) is 0 Å². The second-order valence-corrected chi connectivity index (χ2v) is 5.55. The van der Waals surface area contributed by atoms with E-state index in [9.17, 15) is 70.7 Å². The Kier molecular flexibility index (Phi) is 7.39. The van der Waals surface area contributed by atoms with Crippen LogP contribution >= 0.6 is 0 Å². The Morgan fingerprint density at radius 2 is 1.00 bits per heavy atom. The summed E-state index contributed by atoms with van der Waals surface area (Å²) >= 11 is 0. The van der Waals surface area contributed by atoms with Gasteiger partial charge in [0.15, 0.2) is 0 Å². The van der Waals surface area contributed by atoms with Crippen molar-refractivity contribution in [1.82, 2.24) is 4.90 Å². The first kappa shape index (κ1) is 28.4. The second-order valence-electron chi connectivity index (χ2n) is 5.55. The number of nitrogens with zero attached hydrogens (tertiary/aromatic N) is 1. The van der Waals surface area contributed by atoms with Crippen molar-refractivity contribution in [1.29, 1.82) is 0 Å². The van der Waals surface area contributed by atoms with Gasteiger partial charge in [0.25, 0.3) is 5.91 Å². The van der Waals surface area contributed by atoms with Gasteiger partial charge in [0.05, 0.1) is 6.61 Å². The number of rotatable bonds is 9. The van der Waals surface area contributed by atoms with E-state index in [4.69, 9.17) is 5.11 Å². The lowest BCUT2D eigenvalue weighted by atomic mass is 9.90. The van der Waals surface area contributed by atoms with Crippen LogP contribution in [0.2, 0.25) is 0 Å². The van der Waals surface area contributed by atoms with Gasteiger partial charge < -0.3 is 10.0 Å². The highest BCUT2D eigenvalue weighted by atomic mass is 19.4. The lowest BCUT2D eigenvalue weighted by Gasteiger charge is -2.41. The third-order valence-electron chi connectivity index (χ3n) is 3.64. The van der Waals surface area contributed by atoms with Gasteiger partial charge in [-0.05, 0) is 6.92 Å². The van der Waals surface area contributed by atoms with E-state index in [0.717, 1.165) is 6.92 Å². The molecular formula is C12H10F15NO2. The van der Waals surface area contributed by atoms with Crippen molar-refractivity contribution < 1.29 is 75.8 Å². The Hall–Kier alpha value is -1.62. The van der Waals surface area contributed by atoms with Crippen LogP contribution in [-0.4, -0.2) is 77.3 Å². The highest BCUT2D eigenvalue weighted by Gasteiger charge is 2.94. The van der Waals surface area contributed by atoms with Crippen LogP contribution in [0.15, 0.2) is 0 Å². The number of hydrogen-bond donors (Lipinski definition) is 1. The van der Waals surface area contributed by atoms with E-state index in [1.54, 1.807) is 0 Å². The molecule has 0 spiro atoms. The minimum Gasteiger partial charge on any atom is -0.395 e. The first-order chi connectivity index (χ1) is 12.9. The molecule has 0 saturated carbocycles. The zero-order valence-corrected chi connectivity index (χ0v) is 14.1. The molecule has 0 aliphatic rings. The molecule has 0 rings (SSSR count). The fourth-order valence-electron chi connectivity index (χ4n) is 1.82. The van der Waals surface area contributed by atoms with Crippen molar-refractivity contribution in [2.75, 3.05) is 19.7 Å². The Labute approximate surface area is 156 Å². The number of halogens is 15. The zero-order chi connectivity index (χ0) is 24.8. The summed E-state index contributed by atoms with van der Waals surface area (Å²) < 4.78 is 195. The lowest BCUT2D eigenvalue weighted by Crippen LogP contribution is -2.74. The van der Waals surface area contributed by atoms with Crippen LogP contribution in [0.5, 0.6) is 0 Å².